The second-order valence-electron chi connectivity index (χ2n) is 11.7. The van der Waals surface area contributed by atoms with Crippen LogP contribution in [-0.2, 0) is 23.7 Å². The fourth-order valence-corrected chi connectivity index (χ4v) is 5.74. The van der Waals surface area contributed by atoms with Crippen molar-refractivity contribution in [2.45, 2.75) is 56.1 Å². The molecule has 1 fully saturated rings. The molecule has 0 bridgehead atoms. The summed E-state index contributed by atoms with van der Waals surface area (Å²) in [4.78, 5) is 20.5. The summed E-state index contributed by atoms with van der Waals surface area (Å²) in [6.45, 7) is -0.764. The number of nitrogens with zero attached hydrogens (tertiary/aromatic N) is 2. The van der Waals surface area contributed by atoms with Crippen molar-refractivity contribution in [1.82, 2.24) is 0 Å². The summed E-state index contributed by atoms with van der Waals surface area (Å²) < 4.78 is 22.5. The molecule has 14 heteroatoms. The van der Waals surface area contributed by atoms with Crippen molar-refractivity contribution >= 4 is 39.9 Å². The van der Waals surface area contributed by atoms with Gasteiger partial charge in [-0.25, -0.2) is 0 Å². The van der Waals surface area contributed by atoms with Crippen molar-refractivity contribution < 1.29 is 59.5 Å². The van der Waals surface area contributed by atoms with Gasteiger partial charge in [0.2, 0.25) is 0 Å². The normalized spacial score (nSPS) is 23.0. The number of carbonyl (C=O) groups is 1. The Balaban J connectivity index is 1.36. The van der Waals surface area contributed by atoms with Crippen LogP contribution in [0, 0.1) is 0 Å². The summed E-state index contributed by atoms with van der Waals surface area (Å²) in [5, 5.41) is 75.6. The second kappa shape index (κ2) is 16.9. The maximum Gasteiger partial charge on any atom is 0.303 e. The highest BCUT2D eigenvalue weighted by Gasteiger charge is 2.48. The first-order valence-corrected chi connectivity index (χ1v) is 15.9. The predicted octanol–water partition coefficient (Wildman–Crippen LogP) is 1.39. The number of esters is 1. The summed E-state index contributed by atoms with van der Waals surface area (Å²) in [6.07, 6.45) is -8.69. The quantitative estimate of drug-likeness (QED) is 0.0567. The van der Waals surface area contributed by atoms with Crippen LogP contribution < -0.4 is 0 Å². The number of aromatic hydroxyl groups is 2. The van der Waals surface area contributed by atoms with E-state index < -0.39 is 68.4 Å². The molecule has 1 saturated heterocycles. The zero-order chi connectivity index (χ0) is 35.8. The molecule has 50 heavy (non-hydrogen) atoms. The SMILES string of the molecule is CC(=O)O[C@H]1[C@@H](O)[C@@H](CO)O[C@@H](O[C@H](CN=Cc2ccc(O)c3ccccc23)[C@@H](CO)O[C@H](O)CN=Cc2ccc(O)c3ccccc23)[C@@H]1O. The molecule has 7 N–H and O–H groups in total. The first-order chi connectivity index (χ1) is 24.1. The van der Waals surface area contributed by atoms with Gasteiger partial charge in [0.1, 0.15) is 42.0 Å². The van der Waals surface area contributed by atoms with Crippen molar-refractivity contribution in [2.24, 2.45) is 9.98 Å². The molecule has 266 valence electrons. The van der Waals surface area contributed by atoms with Crippen LogP contribution in [0.3, 0.4) is 0 Å². The highest BCUT2D eigenvalue weighted by molar-refractivity contribution is 6.03. The van der Waals surface area contributed by atoms with E-state index in [1.54, 1.807) is 36.4 Å². The molecule has 0 amide bonds. The molecule has 0 unspecified atom stereocenters. The maximum absolute atomic E-state index is 11.7. The van der Waals surface area contributed by atoms with Crippen LogP contribution in [-0.4, -0.2) is 130 Å². The zero-order valence-corrected chi connectivity index (χ0v) is 27.1. The molecule has 1 heterocycles. The molecular formula is C36H40N2O12. The molecule has 0 aliphatic carbocycles. The van der Waals surface area contributed by atoms with E-state index in [4.69, 9.17) is 18.9 Å². The lowest BCUT2D eigenvalue weighted by Gasteiger charge is -2.42. The molecule has 14 nitrogen and oxygen atoms in total. The first-order valence-electron chi connectivity index (χ1n) is 15.9. The average molecular weight is 693 g/mol. The van der Waals surface area contributed by atoms with Gasteiger partial charge in [0.05, 0.1) is 26.3 Å². The molecule has 0 spiro atoms. The van der Waals surface area contributed by atoms with Crippen LogP contribution in [0.2, 0.25) is 0 Å². The Morgan fingerprint density at radius 2 is 1.34 bits per heavy atom. The lowest BCUT2D eigenvalue weighted by atomic mass is 9.99. The highest BCUT2D eigenvalue weighted by Crippen LogP contribution is 2.29. The van der Waals surface area contributed by atoms with E-state index in [1.807, 2.05) is 24.3 Å². The number of fused-ring (bicyclic) bond motifs is 2. The van der Waals surface area contributed by atoms with Gasteiger partial charge in [0, 0.05) is 41.3 Å². The summed E-state index contributed by atoms with van der Waals surface area (Å²) >= 11 is 0. The molecule has 1 aliphatic rings. The predicted molar refractivity (Wildman–Crippen MR) is 182 cm³/mol. The van der Waals surface area contributed by atoms with Crippen molar-refractivity contribution in [3.63, 3.8) is 0 Å². The highest BCUT2D eigenvalue weighted by atomic mass is 16.7. The molecule has 0 radical (unpaired) electrons. The van der Waals surface area contributed by atoms with E-state index in [0.29, 0.717) is 27.3 Å². The van der Waals surface area contributed by atoms with Gasteiger partial charge in [-0.05, 0) is 35.0 Å². The van der Waals surface area contributed by atoms with Gasteiger partial charge >= 0.3 is 5.97 Å². The molecule has 5 rings (SSSR count). The van der Waals surface area contributed by atoms with E-state index in [0.717, 1.165) is 12.3 Å². The summed E-state index contributed by atoms with van der Waals surface area (Å²) in [5.41, 5.74) is 1.34. The van der Waals surface area contributed by atoms with E-state index in [1.165, 1.54) is 24.6 Å². The number of hydrogen-bond acceptors (Lipinski definition) is 14. The molecule has 4 aromatic rings. The van der Waals surface area contributed by atoms with Crippen molar-refractivity contribution in [1.29, 1.82) is 0 Å². The van der Waals surface area contributed by atoms with Crippen molar-refractivity contribution in [2.75, 3.05) is 26.3 Å². The van der Waals surface area contributed by atoms with E-state index in [9.17, 15) is 40.5 Å². The Kier molecular flexibility index (Phi) is 12.5. The zero-order valence-electron chi connectivity index (χ0n) is 27.1. The van der Waals surface area contributed by atoms with Crippen LogP contribution in [0.5, 0.6) is 11.5 Å². The van der Waals surface area contributed by atoms with Gasteiger partial charge in [-0.2, -0.15) is 0 Å². The average Bonchev–Trinajstić information content (AvgIpc) is 3.11. The molecule has 0 aromatic heterocycles. The minimum Gasteiger partial charge on any atom is -0.507 e. The topological polar surface area (TPSA) is 220 Å². The monoisotopic (exact) mass is 692 g/mol. The number of phenolic OH excluding ortho intramolecular Hbond substituents is 2. The molecule has 1 aliphatic heterocycles. The van der Waals surface area contributed by atoms with Crippen molar-refractivity contribution in [3.8, 4) is 11.5 Å². The van der Waals surface area contributed by atoms with E-state index >= 15 is 0 Å². The molecule has 8 atom stereocenters. The summed E-state index contributed by atoms with van der Waals surface area (Å²) in [5.74, 6) is -0.590. The lowest BCUT2D eigenvalue weighted by molar-refractivity contribution is -0.322. The number of aliphatic imine (C=N–C) groups is 2. The smallest absolute Gasteiger partial charge is 0.303 e. The van der Waals surface area contributed by atoms with Crippen LogP contribution in [0.4, 0.5) is 0 Å². The van der Waals surface area contributed by atoms with Crippen LogP contribution in [0.1, 0.15) is 18.1 Å². The van der Waals surface area contributed by atoms with Gasteiger partial charge in [-0.1, -0.05) is 48.5 Å². The fourth-order valence-electron chi connectivity index (χ4n) is 5.74. The van der Waals surface area contributed by atoms with Crippen molar-refractivity contribution in [3.05, 3.63) is 83.9 Å². The summed E-state index contributed by atoms with van der Waals surface area (Å²) in [6, 6.07) is 20.8. The number of ether oxygens (including phenoxy) is 4. The molecule has 0 saturated carbocycles. The first kappa shape index (κ1) is 36.8. The number of rotatable bonds is 14. The fraction of sp³-hybridized carbons (Fsp3) is 0.361. The van der Waals surface area contributed by atoms with Crippen LogP contribution >= 0.6 is 0 Å². The van der Waals surface area contributed by atoms with Gasteiger partial charge in [0.15, 0.2) is 18.7 Å². The Morgan fingerprint density at radius 3 is 1.86 bits per heavy atom. The number of carbonyl (C=O) groups excluding carboxylic acids is 1. The Bertz CT molecular complexity index is 1820. The third kappa shape index (κ3) is 8.61. The number of benzene rings is 4. The number of aliphatic hydroxyl groups excluding tert-OH is 5. The third-order valence-corrected chi connectivity index (χ3v) is 8.24. The molecular weight excluding hydrogens is 652 g/mol. The van der Waals surface area contributed by atoms with Gasteiger partial charge in [-0.3, -0.25) is 14.8 Å². The Hall–Kier alpha value is -4.51. The number of phenols is 2. The van der Waals surface area contributed by atoms with Gasteiger partial charge < -0.3 is 54.7 Å². The molecule has 4 aromatic carbocycles. The number of aliphatic hydroxyl groups is 5. The van der Waals surface area contributed by atoms with E-state index in [2.05, 4.69) is 9.98 Å². The van der Waals surface area contributed by atoms with Gasteiger partial charge in [0.25, 0.3) is 0 Å². The minimum atomic E-state index is -1.72. The van der Waals surface area contributed by atoms with E-state index in [-0.39, 0.29) is 24.6 Å². The maximum atomic E-state index is 11.7. The number of hydrogen-bond donors (Lipinski definition) is 7. The Morgan fingerprint density at radius 1 is 0.800 bits per heavy atom. The Labute approximate surface area is 287 Å². The van der Waals surface area contributed by atoms with Gasteiger partial charge in [-0.15, -0.1) is 0 Å². The van der Waals surface area contributed by atoms with Crippen LogP contribution in [0.15, 0.2) is 82.8 Å². The minimum absolute atomic E-state index is 0.0920. The largest absolute Gasteiger partial charge is 0.507 e. The summed E-state index contributed by atoms with van der Waals surface area (Å²) in [7, 11) is 0. The second-order valence-corrected chi connectivity index (χ2v) is 11.7. The van der Waals surface area contributed by atoms with Crippen LogP contribution in [0.25, 0.3) is 21.5 Å². The lowest BCUT2D eigenvalue weighted by Crippen LogP contribution is -2.61. The third-order valence-electron chi connectivity index (χ3n) is 8.24. The standard InChI is InChI=1S/C36H40N2O12/c1-20(41)47-35-33(45)31(19-40)50-36(34(35)46)49-29(16-37-14-21-10-12-27(42)25-8-4-2-6-23(21)25)30(18-39)48-32(44)17-38-15-22-11-13-28(43)26-9-5-3-7-24(22)26/h2-15,29-36,39-40,42-46H,16-19H2,1H3/t29-,30-,31-,32+,33+,34-,35+,36-/m1/s1.